The van der Waals surface area contributed by atoms with Gasteiger partial charge in [0.1, 0.15) is 0 Å². The second-order valence-corrected chi connectivity index (χ2v) is 6.62. The van der Waals surface area contributed by atoms with Crippen molar-refractivity contribution >= 4 is 17.5 Å². The zero-order valence-corrected chi connectivity index (χ0v) is 13.7. The Kier molecular flexibility index (Phi) is 4.68. The van der Waals surface area contributed by atoms with E-state index < -0.39 is 0 Å². The van der Waals surface area contributed by atoms with Crippen LogP contribution in [0.15, 0.2) is 36.7 Å². The maximum atomic E-state index is 12.4. The Hall–Kier alpha value is -1.85. The van der Waals surface area contributed by atoms with Crippen molar-refractivity contribution in [1.82, 2.24) is 15.1 Å². The number of amides is 1. The van der Waals surface area contributed by atoms with Crippen LogP contribution >= 0.6 is 11.6 Å². The van der Waals surface area contributed by atoms with Gasteiger partial charge in [0.05, 0.1) is 24.8 Å². The Morgan fingerprint density at radius 2 is 2.13 bits per heavy atom. The third kappa shape index (κ3) is 3.92. The zero-order valence-electron chi connectivity index (χ0n) is 12.9. The van der Waals surface area contributed by atoms with E-state index in [0.29, 0.717) is 24.3 Å². The van der Waals surface area contributed by atoms with Gasteiger partial charge in [0.25, 0.3) is 0 Å². The summed E-state index contributed by atoms with van der Waals surface area (Å²) < 4.78 is 1.72. The molecule has 23 heavy (non-hydrogen) atoms. The molecule has 1 fully saturated rings. The first-order valence-electron chi connectivity index (χ1n) is 7.71. The molecule has 6 heteroatoms. The molecular formula is C17H20ClN3O2. The van der Waals surface area contributed by atoms with Gasteiger partial charge < -0.3 is 10.4 Å². The number of aryl methyl sites for hydroxylation is 1. The molecule has 0 spiro atoms. The number of aromatic nitrogens is 2. The lowest BCUT2D eigenvalue weighted by atomic mass is 9.75. The summed E-state index contributed by atoms with van der Waals surface area (Å²) in [6, 6.07) is 7.17. The van der Waals surface area contributed by atoms with E-state index in [-0.39, 0.29) is 24.0 Å². The summed E-state index contributed by atoms with van der Waals surface area (Å²) >= 11 is 5.86. The molecule has 1 amide bonds. The topological polar surface area (TPSA) is 67.2 Å². The van der Waals surface area contributed by atoms with Crippen molar-refractivity contribution < 1.29 is 9.90 Å². The molecule has 1 saturated carbocycles. The van der Waals surface area contributed by atoms with Crippen LogP contribution in [0.4, 0.5) is 0 Å². The van der Waals surface area contributed by atoms with Crippen molar-refractivity contribution in [3.05, 3.63) is 52.8 Å². The fourth-order valence-corrected chi connectivity index (χ4v) is 3.11. The van der Waals surface area contributed by atoms with Crippen molar-refractivity contribution in [2.45, 2.75) is 31.4 Å². The van der Waals surface area contributed by atoms with Gasteiger partial charge in [-0.25, -0.2) is 0 Å². The molecule has 1 aromatic carbocycles. The van der Waals surface area contributed by atoms with E-state index >= 15 is 0 Å². The molecule has 1 aromatic heterocycles. The van der Waals surface area contributed by atoms with Crippen LogP contribution in [-0.4, -0.2) is 26.9 Å². The van der Waals surface area contributed by atoms with Crippen LogP contribution in [0.3, 0.4) is 0 Å². The van der Waals surface area contributed by atoms with Gasteiger partial charge in [0, 0.05) is 23.8 Å². The highest BCUT2D eigenvalue weighted by molar-refractivity contribution is 6.30. The van der Waals surface area contributed by atoms with Gasteiger partial charge in [-0.3, -0.25) is 9.48 Å². The standard InChI is InChI=1S/C17H20ClN3O2/c1-21-10-13(9-19-21)17(12-7-15(22)8-12)20-16(23)6-11-2-4-14(18)5-3-11/h2-5,9-10,12,15,17,22H,6-8H2,1H3,(H,20,23)/t12?,15?,17-/m1/s1. The monoisotopic (exact) mass is 333 g/mol. The van der Waals surface area contributed by atoms with Crippen molar-refractivity contribution in [3.63, 3.8) is 0 Å². The van der Waals surface area contributed by atoms with Gasteiger partial charge in [-0.15, -0.1) is 0 Å². The van der Waals surface area contributed by atoms with Crippen molar-refractivity contribution in [3.8, 4) is 0 Å². The largest absolute Gasteiger partial charge is 0.393 e. The maximum absolute atomic E-state index is 12.4. The summed E-state index contributed by atoms with van der Waals surface area (Å²) in [6.07, 6.45) is 5.16. The molecule has 122 valence electrons. The summed E-state index contributed by atoms with van der Waals surface area (Å²) in [5, 5.41) is 17.5. The number of nitrogens with zero attached hydrogens (tertiary/aromatic N) is 2. The summed E-state index contributed by atoms with van der Waals surface area (Å²) in [5.74, 6) is 0.214. The van der Waals surface area contributed by atoms with E-state index in [2.05, 4.69) is 10.4 Å². The lowest BCUT2D eigenvalue weighted by molar-refractivity contribution is -0.122. The number of aliphatic hydroxyl groups excluding tert-OH is 1. The fourth-order valence-electron chi connectivity index (χ4n) is 2.99. The molecule has 0 aliphatic heterocycles. The van der Waals surface area contributed by atoms with Gasteiger partial charge in [0.2, 0.25) is 5.91 Å². The van der Waals surface area contributed by atoms with E-state index in [1.165, 1.54) is 0 Å². The Morgan fingerprint density at radius 3 is 2.70 bits per heavy atom. The highest BCUT2D eigenvalue weighted by atomic mass is 35.5. The van der Waals surface area contributed by atoms with Gasteiger partial charge >= 0.3 is 0 Å². The molecule has 2 aromatic rings. The average molecular weight is 334 g/mol. The smallest absolute Gasteiger partial charge is 0.224 e. The van der Waals surface area contributed by atoms with Crippen LogP contribution in [0.2, 0.25) is 5.02 Å². The van der Waals surface area contributed by atoms with E-state index in [9.17, 15) is 9.90 Å². The van der Waals surface area contributed by atoms with Gasteiger partial charge in [-0.05, 0) is 36.5 Å². The Bertz CT molecular complexity index is 677. The number of nitrogens with one attached hydrogen (secondary N) is 1. The Balaban J connectivity index is 1.68. The first-order valence-corrected chi connectivity index (χ1v) is 8.09. The third-order valence-electron chi connectivity index (χ3n) is 4.30. The van der Waals surface area contributed by atoms with Crippen LogP contribution in [0.25, 0.3) is 0 Å². The van der Waals surface area contributed by atoms with Crippen LogP contribution in [0.1, 0.15) is 30.0 Å². The number of aliphatic hydroxyl groups is 1. The highest BCUT2D eigenvalue weighted by Crippen LogP contribution is 2.37. The van der Waals surface area contributed by atoms with E-state index in [1.807, 2.05) is 25.4 Å². The Morgan fingerprint density at radius 1 is 1.43 bits per heavy atom. The van der Waals surface area contributed by atoms with Gasteiger partial charge in [-0.1, -0.05) is 23.7 Å². The molecule has 0 radical (unpaired) electrons. The molecule has 5 nitrogen and oxygen atoms in total. The van der Waals surface area contributed by atoms with Crippen LogP contribution < -0.4 is 5.32 Å². The molecule has 1 aliphatic rings. The SMILES string of the molecule is Cn1cc([C@H](NC(=O)Cc2ccc(Cl)cc2)C2CC(O)C2)cn1. The molecule has 3 rings (SSSR count). The van der Waals surface area contributed by atoms with E-state index in [0.717, 1.165) is 11.1 Å². The van der Waals surface area contributed by atoms with Crippen LogP contribution in [0.5, 0.6) is 0 Å². The molecule has 0 saturated heterocycles. The number of carbonyl (C=O) groups is 1. The molecule has 1 aliphatic carbocycles. The second-order valence-electron chi connectivity index (χ2n) is 6.18. The Labute approximate surface area is 140 Å². The lowest BCUT2D eigenvalue weighted by Gasteiger charge is -2.37. The lowest BCUT2D eigenvalue weighted by Crippen LogP contribution is -2.41. The van der Waals surface area contributed by atoms with Crippen LogP contribution in [-0.2, 0) is 18.3 Å². The van der Waals surface area contributed by atoms with Crippen molar-refractivity contribution in [2.75, 3.05) is 0 Å². The summed E-state index contributed by atoms with van der Waals surface area (Å²) in [6.45, 7) is 0. The minimum absolute atomic E-state index is 0.0393. The summed E-state index contributed by atoms with van der Waals surface area (Å²) in [5.41, 5.74) is 1.90. The fraction of sp³-hybridized carbons (Fsp3) is 0.412. The first kappa shape index (κ1) is 16.0. The second kappa shape index (κ2) is 6.72. The number of rotatable bonds is 5. The summed E-state index contributed by atoms with van der Waals surface area (Å²) in [7, 11) is 1.85. The molecule has 0 unspecified atom stereocenters. The van der Waals surface area contributed by atoms with E-state index in [1.54, 1.807) is 23.0 Å². The highest BCUT2D eigenvalue weighted by Gasteiger charge is 2.36. The number of hydrogen-bond acceptors (Lipinski definition) is 3. The molecule has 2 N–H and O–H groups in total. The normalized spacial score (nSPS) is 21.5. The quantitative estimate of drug-likeness (QED) is 0.882. The van der Waals surface area contributed by atoms with Gasteiger partial charge in [0.15, 0.2) is 0 Å². The molecule has 1 atom stereocenters. The maximum Gasteiger partial charge on any atom is 0.224 e. The number of hydrogen-bond donors (Lipinski definition) is 2. The zero-order chi connectivity index (χ0) is 16.4. The predicted octanol–water partition coefficient (Wildman–Crippen LogP) is 2.24. The van der Waals surface area contributed by atoms with Crippen molar-refractivity contribution in [2.24, 2.45) is 13.0 Å². The number of halogens is 1. The molecule has 0 bridgehead atoms. The minimum atomic E-state index is -0.257. The third-order valence-corrected chi connectivity index (χ3v) is 4.55. The molecular weight excluding hydrogens is 314 g/mol. The number of benzene rings is 1. The summed E-state index contributed by atoms with van der Waals surface area (Å²) in [4.78, 5) is 12.4. The molecule has 1 heterocycles. The van der Waals surface area contributed by atoms with Gasteiger partial charge in [-0.2, -0.15) is 5.10 Å². The minimum Gasteiger partial charge on any atom is -0.393 e. The van der Waals surface area contributed by atoms with Crippen LogP contribution in [0, 0.1) is 5.92 Å². The average Bonchev–Trinajstić information content (AvgIpc) is 2.91. The predicted molar refractivity (Wildman–Crippen MR) is 88.0 cm³/mol. The van der Waals surface area contributed by atoms with Crippen molar-refractivity contribution in [1.29, 1.82) is 0 Å². The van der Waals surface area contributed by atoms with E-state index in [4.69, 9.17) is 11.6 Å². The number of carbonyl (C=O) groups excluding carboxylic acids is 1. The first-order chi connectivity index (χ1) is 11.0.